The Kier molecular flexibility index (Phi) is 3.25. The van der Waals surface area contributed by atoms with Crippen molar-refractivity contribution in [2.75, 3.05) is 0 Å². The zero-order valence-electron chi connectivity index (χ0n) is 11.5. The van der Waals surface area contributed by atoms with E-state index < -0.39 is 0 Å². The van der Waals surface area contributed by atoms with Gasteiger partial charge in [-0.2, -0.15) is 0 Å². The first-order chi connectivity index (χ1) is 9.31. The van der Waals surface area contributed by atoms with Crippen LogP contribution in [0.4, 0.5) is 0 Å². The fourth-order valence-corrected chi connectivity index (χ4v) is 3.18. The summed E-state index contributed by atoms with van der Waals surface area (Å²) in [6.07, 6.45) is 9.01. The Labute approximate surface area is 115 Å². The second-order valence-electron chi connectivity index (χ2n) is 5.52. The van der Waals surface area contributed by atoms with E-state index in [-0.39, 0.29) is 0 Å². The topological polar surface area (TPSA) is 0 Å². The molecule has 0 fully saturated rings. The van der Waals surface area contributed by atoms with Crippen LogP contribution in [0.3, 0.4) is 0 Å². The van der Waals surface area contributed by atoms with E-state index in [0.717, 1.165) is 6.42 Å². The molecule has 2 unspecified atom stereocenters. The van der Waals surface area contributed by atoms with Gasteiger partial charge in [0.05, 0.1) is 0 Å². The van der Waals surface area contributed by atoms with E-state index in [1.165, 1.54) is 28.3 Å². The van der Waals surface area contributed by atoms with E-state index in [1.807, 2.05) is 6.08 Å². The molecular formula is C19H20. The van der Waals surface area contributed by atoms with Crippen LogP contribution in [0.2, 0.25) is 0 Å². The lowest BCUT2D eigenvalue weighted by atomic mass is 9.78. The smallest absolute Gasteiger partial charge is 0.00534 e. The summed E-state index contributed by atoms with van der Waals surface area (Å²) in [5.41, 5.74) is 2.85. The molecule has 0 saturated heterocycles. The summed E-state index contributed by atoms with van der Waals surface area (Å²) in [5.74, 6) is 1.20. The molecule has 0 spiro atoms. The highest BCUT2D eigenvalue weighted by atomic mass is 14.3. The number of rotatable bonds is 4. The summed E-state index contributed by atoms with van der Waals surface area (Å²) in [5, 5.41) is 2.81. The van der Waals surface area contributed by atoms with E-state index in [4.69, 9.17) is 0 Å². The summed E-state index contributed by atoms with van der Waals surface area (Å²) in [6.45, 7) is 6.19. The van der Waals surface area contributed by atoms with Crippen molar-refractivity contribution in [3.8, 4) is 0 Å². The molecule has 0 saturated carbocycles. The Morgan fingerprint density at radius 3 is 2.79 bits per heavy atom. The highest BCUT2D eigenvalue weighted by Crippen LogP contribution is 2.39. The van der Waals surface area contributed by atoms with Gasteiger partial charge in [0.2, 0.25) is 0 Å². The zero-order chi connectivity index (χ0) is 13.2. The lowest BCUT2D eigenvalue weighted by Gasteiger charge is -2.26. The molecule has 2 aromatic rings. The van der Waals surface area contributed by atoms with Crippen LogP contribution in [0.15, 0.2) is 55.1 Å². The Morgan fingerprint density at radius 2 is 2.00 bits per heavy atom. The van der Waals surface area contributed by atoms with E-state index in [2.05, 4.69) is 62.1 Å². The average molecular weight is 248 g/mol. The predicted molar refractivity (Wildman–Crippen MR) is 84.3 cm³/mol. The van der Waals surface area contributed by atoms with Crippen LogP contribution in [-0.4, -0.2) is 0 Å². The quantitative estimate of drug-likeness (QED) is 0.622. The molecule has 0 N–H and O–H groups in total. The van der Waals surface area contributed by atoms with Gasteiger partial charge in [-0.3, -0.25) is 0 Å². The predicted octanol–water partition coefficient (Wildman–Crippen LogP) is 5.55. The van der Waals surface area contributed by atoms with Gasteiger partial charge in [0, 0.05) is 5.92 Å². The van der Waals surface area contributed by atoms with Crippen LogP contribution in [0.25, 0.3) is 16.8 Å². The molecule has 96 valence electrons. The van der Waals surface area contributed by atoms with Gasteiger partial charge < -0.3 is 0 Å². The second kappa shape index (κ2) is 5.05. The Hall–Kier alpha value is -1.82. The maximum absolute atomic E-state index is 3.83. The number of allylic oxidation sites excluding steroid dienone is 2. The molecule has 0 radical (unpaired) electrons. The lowest BCUT2D eigenvalue weighted by molar-refractivity contribution is 0.490. The normalized spacial score (nSPS) is 18.5. The highest BCUT2D eigenvalue weighted by Gasteiger charge is 2.21. The minimum atomic E-state index is 0.540. The maximum Gasteiger partial charge on any atom is 0.00534 e. The Balaban J connectivity index is 2.06. The SMILES string of the molecule is C=CCCC(C)C1C=Cc2cccc3cccc1c23. The molecule has 1 aliphatic carbocycles. The van der Waals surface area contributed by atoms with Gasteiger partial charge in [-0.25, -0.2) is 0 Å². The van der Waals surface area contributed by atoms with Crippen molar-refractivity contribution in [3.63, 3.8) is 0 Å². The molecule has 2 aromatic carbocycles. The summed E-state index contributed by atoms with van der Waals surface area (Å²) in [6, 6.07) is 13.3. The van der Waals surface area contributed by atoms with Crippen molar-refractivity contribution in [2.24, 2.45) is 5.92 Å². The van der Waals surface area contributed by atoms with Crippen LogP contribution in [0, 0.1) is 5.92 Å². The largest absolute Gasteiger partial charge is 0.103 e. The van der Waals surface area contributed by atoms with Crippen molar-refractivity contribution >= 4 is 16.8 Å². The molecular weight excluding hydrogens is 228 g/mol. The third-order valence-electron chi connectivity index (χ3n) is 4.25. The third kappa shape index (κ3) is 2.12. The van der Waals surface area contributed by atoms with Crippen molar-refractivity contribution in [1.82, 2.24) is 0 Å². The molecule has 2 atom stereocenters. The molecule has 0 aromatic heterocycles. The summed E-state index contributed by atoms with van der Waals surface area (Å²) < 4.78 is 0. The molecule has 19 heavy (non-hydrogen) atoms. The molecule has 1 aliphatic rings. The third-order valence-corrected chi connectivity index (χ3v) is 4.25. The Morgan fingerprint density at radius 1 is 1.21 bits per heavy atom. The monoisotopic (exact) mass is 248 g/mol. The van der Waals surface area contributed by atoms with Crippen molar-refractivity contribution < 1.29 is 0 Å². The molecule has 0 heteroatoms. The first kappa shape index (κ1) is 12.2. The highest BCUT2D eigenvalue weighted by molar-refractivity contribution is 5.95. The molecule has 0 aliphatic heterocycles. The molecule has 0 bridgehead atoms. The van der Waals surface area contributed by atoms with Gasteiger partial charge in [0.25, 0.3) is 0 Å². The van der Waals surface area contributed by atoms with Crippen molar-refractivity contribution in [3.05, 3.63) is 66.3 Å². The van der Waals surface area contributed by atoms with E-state index >= 15 is 0 Å². The second-order valence-corrected chi connectivity index (χ2v) is 5.52. The van der Waals surface area contributed by atoms with Crippen molar-refractivity contribution in [2.45, 2.75) is 25.7 Å². The van der Waals surface area contributed by atoms with Gasteiger partial charge in [-0.05, 0) is 40.7 Å². The van der Waals surface area contributed by atoms with Gasteiger partial charge in [-0.1, -0.05) is 61.5 Å². The molecule has 3 rings (SSSR count). The summed E-state index contributed by atoms with van der Waals surface area (Å²) in [7, 11) is 0. The first-order valence-corrected chi connectivity index (χ1v) is 7.12. The van der Waals surface area contributed by atoms with E-state index in [0.29, 0.717) is 11.8 Å². The molecule has 0 nitrogen and oxygen atoms in total. The van der Waals surface area contributed by atoms with Crippen LogP contribution >= 0.6 is 0 Å². The first-order valence-electron chi connectivity index (χ1n) is 7.12. The van der Waals surface area contributed by atoms with Crippen LogP contribution in [-0.2, 0) is 0 Å². The number of hydrogen-bond acceptors (Lipinski definition) is 0. The standard InChI is InChI=1S/C19H20/c1-3-4-7-14(2)17-13-12-16-9-5-8-15-10-6-11-18(17)19(15)16/h3,5-6,8-14,17H,1,4,7H2,2H3. The van der Waals surface area contributed by atoms with E-state index in [1.54, 1.807) is 0 Å². The van der Waals surface area contributed by atoms with E-state index in [9.17, 15) is 0 Å². The van der Waals surface area contributed by atoms with Gasteiger partial charge >= 0.3 is 0 Å². The number of hydrogen-bond donors (Lipinski definition) is 0. The lowest BCUT2D eigenvalue weighted by Crippen LogP contribution is -2.10. The average Bonchev–Trinajstić information content (AvgIpc) is 2.46. The fourth-order valence-electron chi connectivity index (χ4n) is 3.18. The minimum absolute atomic E-state index is 0.540. The van der Waals surface area contributed by atoms with Crippen LogP contribution in [0.1, 0.15) is 36.8 Å². The Bertz CT molecular complexity index is 628. The number of benzene rings is 2. The van der Waals surface area contributed by atoms with Gasteiger partial charge in [0.1, 0.15) is 0 Å². The summed E-state index contributed by atoms with van der Waals surface area (Å²) >= 11 is 0. The van der Waals surface area contributed by atoms with Gasteiger partial charge in [-0.15, -0.1) is 6.58 Å². The maximum atomic E-state index is 3.83. The molecule has 0 amide bonds. The van der Waals surface area contributed by atoms with Crippen LogP contribution in [0.5, 0.6) is 0 Å². The van der Waals surface area contributed by atoms with Crippen molar-refractivity contribution in [1.29, 1.82) is 0 Å². The zero-order valence-corrected chi connectivity index (χ0v) is 11.5. The molecule has 0 heterocycles. The van der Waals surface area contributed by atoms with Crippen LogP contribution < -0.4 is 0 Å². The fraction of sp³-hybridized carbons (Fsp3) is 0.263. The summed E-state index contributed by atoms with van der Waals surface area (Å²) in [4.78, 5) is 0. The minimum Gasteiger partial charge on any atom is -0.103 e. The van der Waals surface area contributed by atoms with Gasteiger partial charge in [0.15, 0.2) is 0 Å².